The summed E-state index contributed by atoms with van der Waals surface area (Å²) in [7, 11) is 0. The van der Waals surface area contributed by atoms with Crippen LogP contribution in [0.2, 0.25) is 5.02 Å². The SMILES string of the molecule is CSc1cc(NC(=O)c2ccc(Cl)cc2)ccc1C. The number of halogens is 1. The predicted octanol–water partition coefficient (Wildman–Crippen LogP) is 4.62. The molecule has 2 aromatic carbocycles. The van der Waals surface area contributed by atoms with E-state index in [4.69, 9.17) is 11.6 Å². The van der Waals surface area contributed by atoms with E-state index >= 15 is 0 Å². The molecule has 1 amide bonds. The number of rotatable bonds is 3. The zero-order chi connectivity index (χ0) is 13.8. The fourth-order valence-electron chi connectivity index (χ4n) is 1.70. The third kappa shape index (κ3) is 3.52. The molecular weight excluding hydrogens is 278 g/mol. The molecular formula is C15H14ClNOS. The molecule has 98 valence electrons. The van der Waals surface area contributed by atoms with Gasteiger partial charge in [0.2, 0.25) is 0 Å². The van der Waals surface area contributed by atoms with Crippen molar-refractivity contribution in [1.29, 1.82) is 0 Å². The van der Waals surface area contributed by atoms with Gasteiger partial charge >= 0.3 is 0 Å². The van der Waals surface area contributed by atoms with E-state index in [1.807, 2.05) is 24.5 Å². The van der Waals surface area contributed by atoms with Gasteiger partial charge in [0, 0.05) is 21.2 Å². The summed E-state index contributed by atoms with van der Waals surface area (Å²) in [5, 5.41) is 3.51. The van der Waals surface area contributed by atoms with E-state index in [0.29, 0.717) is 10.6 Å². The van der Waals surface area contributed by atoms with Gasteiger partial charge in [0.1, 0.15) is 0 Å². The zero-order valence-electron chi connectivity index (χ0n) is 10.7. The van der Waals surface area contributed by atoms with Crippen molar-refractivity contribution in [3.8, 4) is 0 Å². The van der Waals surface area contributed by atoms with Crippen molar-refractivity contribution in [2.45, 2.75) is 11.8 Å². The normalized spacial score (nSPS) is 10.3. The van der Waals surface area contributed by atoms with Crippen molar-refractivity contribution in [3.63, 3.8) is 0 Å². The van der Waals surface area contributed by atoms with Crippen molar-refractivity contribution in [2.24, 2.45) is 0 Å². The zero-order valence-corrected chi connectivity index (χ0v) is 12.3. The molecule has 2 aromatic rings. The lowest BCUT2D eigenvalue weighted by Crippen LogP contribution is -2.11. The van der Waals surface area contributed by atoms with Crippen LogP contribution in [0.4, 0.5) is 5.69 Å². The van der Waals surface area contributed by atoms with E-state index in [2.05, 4.69) is 12.2 Å². The third-order valence-corrected chi connectivity index (χ3v) is 3.90. The average Bonchev–Trinajstić information content (AvgIpc) is 2.41. The Bertz CT molecular complexity index is 596. The molecule has 0 heterocycles. The summed E-state index contributed by atoms with van der Waals surface area (Å²) in [5.41, 5.74) is 2.60. The topological polar surface area (TPSA) is 29.1 Å². The highest BCUT2D eigenvalue weighted by molar-refractivity contribution is 7.98. The number of hydrogen-bond donors (Lipinski definition) is 1. The Kier molecular flexibility index (Phi) is 4.51. The summed E-state index contributed by atoms with van der Waals surface area (Å²) in [6, 6.07) is 12.7. The van der Waals surface area contributed by atoms with E-state index in [-0.39, 0.29) is 5.91 Å². The Morgan fingerprint density at radius 3 is 2.47 bits per heavy atom. The average molecular weight is 292 g/mol. The molecule has 0 bridgehead atoms. The Morgan fingerprint density at radius 1 is 1.16 bits per heavy atom. The van der Waals surface area contributed by atoms with Crippen LogP contribution in [0.25, 0.3) is 0 Å². The summed E-state index contributed by atoms with van der Waals surface area (Å²) in [6.45, 7) is 2.05. The molecule has 0 fully saturated rings. The van der Waals surface area contributed by atoms with Crippen LogP contribution in [0, 0.1) is 6.92 Å². The van der Waals surface area contributed by atoms with Gasteiger partial charge < -0.3 is 5.32 Å². The second-order valence-electron chi connectivity index (χ2n) is 4.15. The van der Waals surface area contributed by atoms with Crippen LogP contribution in [0.5, 0.6) is 0 Å². The molecule has 0 aliphatic carbocycles. The maximum atomic E-state index is 12.0. The Hall–Kier alpha value is -1.45. The van der Waals surface area contributed by atoms with E-state index in [0.717, 1.165) is 10.6 Å². The number of carbonyl (C=O) groups is 1. The minimum Gasteiger partial charge on any atom is -0.322 e. The van der Waals surface area contributed by atoms with Gasteiger partial charge in [-0.2, -0.15) is 0 Å². The fraction of sp³-hybridized carbons (Fsp3) is 0.133. The molecule has 1 N–H and O–H groups in total. The van der Waals surface area contributed by atoms with Gasteiger partial charge in [0.05, 0.1) is 0 Å². The van der Waals surface area contributed by atoms with Gasteiger partial charge in [0.15, 0.2) is 0 Å². The Morgan fingerprint density at radius 2 is 1.84 bits per heavy atom. The lowest BCUT2D eigenvalue weighted by molar-refractivity contribution is 0.102. The summed E-state index contributed by atoms with van der Waals surface area (Å²) >= 11 is 7.46. The molecule has 0 aliphatic rings. The quantitative estimate of drug-likeness (QED) is 0.836. The Labute approximate surface area is 122 Å². The monoisotopic (exact) mass is 291 g/mol. The summed E-state index contributed by atoms with van der Waals surface area (Å²) in [4.78, 5) is 13.2. The number of hydrogen-bond acceptors (Lipinski definition) is 2. The largest absolute Gasteiger partial charge is 0.322 e. The van der Waals surface area contributed by atoms with Crippen molar-refractivity contribution in [2.75, 3.05) is 11.6 Å². The molecule has 0 aromatic heterocycles. The second-order valence-corrected chi connectivity index (χ2v) is 5.43. The number of aryl methyl sites for hydroxylation is 1. The summed E-state index contributed by atoms with van der Waals surface area (Å²) in [6.07, 6.45) is 2.02. The van der Waals surface area contributed by atoms with Gasteiger partial charge in [-0.3, -0.25) is 4.79 Å². The Balaban J connectivity index is 2.17. The van der Waals surface area contributed by atoms with Crippen LogP contribution in [0.3, 0.4) is 0 Å². The molecule has 4 heteroatoms. The highest BCUT2D eigenvalue weighted by Gasteiger charge is 2.07. The van der Waals surface area contributed by atoms with E-state index in [1.54, 1.807) is 36.0 Å². The number of anilines is 1. The summed E-state index contributed by atoms with van der Waals surface area (Å²) < 4.78 is 0. The van der Waals surface area contributed by atoms with Gasteiger partial charge in [-0.1, -0.05) is 17.7 Å². The fourth-order valence-corrected chi connectivity index (χ4v) is 2.46. The first kappa shape index (κ1) is 14.0. The first-order chi connectivity index (χ1) is 9.10. The number of thioether (sulfide) groups is 1. The third-order valence-electron chi connectivity index (χ3n) is 2.77. The summed E-state index contributed by atoms with van der Waals surface area (Å²) in [5.74, 6) is -0.132. The molecule has 0 saturated carbocycles. The smallest absolute Gasteiger partial charge is 0.255 e. The maximum absolute atomic E-state index is 12.0. The molecule has 0 spiro atoms. The van der Waals surface area contributed by atoms with Crippen LogP contribution in [-0.2, 0) is 0 Å². The van der Waals surface area contributed by atoms with Gasteiger partial charge in [-0.05, 0) is 55.1 Å². The van der Waals surface area contributed by atoms with E-state index in [9.17, 15) is 4.79 Å². The number of benzene rings is 2. The highest BCUT2D eigenvalue weighted by Crippen LogP contribution is 2.24. The lowest BCUT2D eigenvalue weighted by Gasteiger charge is -2.08. The first-order valence-electron chi connectivity index (χ1n) is 5.81. The van der Waals surface area contributed by atoms with Gasteiger partial charge in [-0.15, -0.1) is 11.8 Å². The van der Waals surface area contributed by atoms with Crippen molar-refractivity contribution >= 4 is 35.0 Å². The number of amides is 1. The lowest BCUT2D eigenvalue weighted by atomic mass is 10.2. The van der Waals surface area contributed by atoms with Crippen molar-refractivity contribution in [1.82, 2.24) is 0 Å². The minimum absolute atomic E-state index is 0.132. The van der Waals surface area contributed by atoms with Crippen molar-refractivity contribution < 1.29 is 4.79 Å². The van der Waals surface area contributed by atoms with Gasteiger partial charge in [-0.25, -0.2) is 0 Å². The van der Waals surface area contributed by atoms with E-state index < -0.39 is 0 Å². The van der Waals surface area contributed by atoms with Crippen LogP contribution >= 0.6 is 23.4 Å². The predicted molar refractivity (Wildman–Crippen MR) is 82.4 cm³/mol. The molecule has 19 heavy (non-hydrogen) atoms. The second kappa shape index (κ2) is 6.13. The number of carbonyl (C=O) groups excluding carboxylic acids is 1. The van der Waals surface area contributed by atoms with Gasteiger partial charge in [0.25, 0.3) is 5.91 Å². The van der Waals surface area contributed by atoms with Crippen LogP contribution in [0.15, 0.2) is 47.4 Å². The van der Waals surface area contributed by atoms with Crippen molar-refractivity contribution in [3.05, 3.63) is 58.6 Å². The first-order valence-corrected chi connectivity index (χ1v) is 7.42. The van der Waals surface area contributed by atoms with Crippen LogP contribution < -0.4 is 5.32 Å². The number of nitrogens with one attached hydrogen (secondary N) is 1. The molecule has 0 saturated heterocycles. The van der Waals surface area contributed by atoms with E-state index in [1.165, 1.54) is 5.56 Å². The van der Waals surface area contributed by atoms with Crippen LogP contribution in [-0.4, -0.2) is 12.2 Å². The molecule has 2 rings (SSSR count). The molecule has 0 radical (unpaired) electrons. The minimum atomic E-state index is -0.132. The molecule has 2 nitrogen and oxygen atoms in total. The molecule has 0 aliphatic heterocycles. The van der Waals surface area contributed by atoms with Crippen LogP contribution in [0.1, 0.15) is 15.9 Å². The molecule has 0 atom stereocenters. The maximum Gasteiger partial charge on any atom is 0.255 e. The molecule has 0 unspecified atom stereocenters. The highest BCUT2D eigenvalue weighted by atomic mass is 35.5. The standard InChI is InChI=1S/C15H14ClNOS/c1-10-3-8-13(9-14(10)19-2)17-15(18)11-4-6-12(16)7-5-11/h3-9H,1-2H3,(H,17,18).